The Labute approximate surface area is 146 Å². The van der Waals surface area contributed by atoms with Gasteiger partial charge in [0, 0.05) is 29.1 Å². The van der Waals surface area contributed by atoms with E-state index >= 15 is 0 Å². The van der Waals surface area contributed by atoms with E-state index in [-0.39, 0.29) is 5.91 Å². The molecule has 1 amide bonds. The minimum Gasteiger partial charge on any atom is -0.351 e. The molecule has 6 heteroatoms. The molecule has 0 spiro atoms. The van der Waals surface area contributed by atoms with Crippen LogP contribution >= 0.6 is 23.1 Å². The molecule has 0 radical (unpaired) electrons. The molecular weight excluding hydrogens is 326 g/mol. The van der Waals surface area contributed by atoms with Gasteiger partial charge in [0.2, 0.25) is 0 Å². The van der Waals surface area contributed by atoms with E-state index in [4.69, 9.17) is 0 Å². The number of thiazole rings is 1. The molecule has 124 valence electrons. The van der Waals surface area contributed by atoms with Crippen LogP contribution in [-0.4, -0.2) is 30.5 Å². The van der Waals surface area contributed by atoms with Gasteiger partial charge in [-0.3, -0.25) is 4.79 Å². The molecule has 1 aromatic carbocycles. The number of aryl methyl sites for hydroxylation is 1. The van der Waals surface area contributed by atoms with Gasteiger partial charge >= 0.3 is 0 Å². The van der Waals surface area contributed by atoms with Crippen LogP contribution < -0.4 is 10.6 Å². The topological polar surface area (TPSA) is 54.0 Å². The second kappa shape index (κ2) is 9.70. The summed E-state index contributed by atoms with van der Waals surface area (Å²) in [5.41, 5.74) is 1.80. The first-order valence-corrected chi connectivity index (χ1v) is 9.69. The van der Waals surface area contributed by atoms with Crippen molar-refractivity contribution in [2.45, 2.75) is 30.9 Å². The summed E-state index contributed by atoms with van der Waals surface area (Å²) in [5.74, 6) is 0.771. The van der Waals surface area contributed by atoms with E-state index in [0.717, 1.165) is 46.4 Å². The summed E-state index contributed by atoms with van der Waals surface area (Å²) in [6.45, 7) is 6.56. The van der Waals surface area contributed by atoms with Crippen LogP contribution in [0.1, 0.15) is 34.4 Å². The highest BCUT2D eigenvalue weighted by molar-refractivity contribution is 7.98. The summed E-state index contributed by atoms with van der Waals surface area (Å²) < 4.78 is 0. The number of hydrogen-bond donors (Lipinski definition) is 2. The third-order valence-corrected chi connectivity index (χ3v) is 5.12. The quantitative estimate of drug-likeness (QED) is 0.538. The first-order chi connectivity index (χ1) is 11.2. The highest BCUT2D eigenvalue weighted by Gasteiger charge is 2.11. The van der Waals surface area contributed by atoms with Gasteiger partial charge in [-0.15, -0.1) is 23.1 Å². The van der Waals surface area contributed by atoms with Crippen LogP contribution in [0.4, 0.5) is 0 Å². The monoisotopic (exact) mass is 349 g/mol. The molecule has 0 aliphatic rings. The Morgan fingerprint density at radius 3 is 2.83 bits per heavy atom. The average Bonchev–Trinajstić information content (AvgIpc) is 2.98. The predicted molar refractivity (Wildman–Crippen MR) is 98.3 cm³/mol. The van der Waals surface area contributed by atoms with Crippen molar-refractivity contribution in [3.8, 4) is 0 Å². The fourth-order valence-electron chi connectivity index (χ4n) is 2.07. The van der Waals surface area contributed by atoms with E-state index in [2.05, 4.69) is 27.9 Å². The molecular formula is C17H23N3OS2. The molecule has 23 heavy (non-hydrogen) atoms. The molecule has 0 atom stereocenters. The van der Waals surface area contributed by atoms with Gasteiger partial charge in [-0.25, -0.2) is 4.98 Å². The fourth-order valence-corrected chi connectivity index (χ4v) is 3.73. The lowest BCUT2D eigenvalue weighted by atomic mass is 10.2. The van der Waals surface area contributed by atoms with Gasteiger partial charge in [0.1, 0.15) is 0 Å². The molecule has 0 bridgehead atoms. The molecule has 0 aliphatic heterocycles. The number of carbonyl (C=O) groups is 1. The third-order valence-electron chi connectivity index (χ3n) is 3.19. The zero-order valence-corrected chi connectivity index (χ0v) is 15.2. The van der Waals surface area contributed by atoms with Gasteiger partial charge in [-0.1, -0.05) is 19.1 Å². The van der Waals surface area contributed by atoms with E-state index in [0.29, 0.717) is 6.54 Å². The van der Waals surface area contributed by atoms with Gasteiger partial charge in [0.25, 0.3) is 5.91 Å². The highest BCUT2D eigenvalue weighted by atomic mass is 32.2. The van der Waals surface area contributed by atoms with Crippen LogP contribution in [0.5, 0.6) is 0 Å². The van der Waals surface area contributed by atoms with Gasteiger partial charge in [-0.2, -0.15) is 0 Å². The number of nitrogens with zero attached hydrogens (tertiary/aromatic N) is 1. The maximum atomic E-state index is 12.3. The van der Waals surface area contributed by atoms with Gasteiger partial charge in [-0.05, 0) is 32.0 Å². The van der Waals surface area contributed by atoms with E-state index in [1.165, 1.54) is 0 Å². The number of aromatic nitrogens is 1. The van der Waals surface area contributed by atoms with Crippen molar-refractivity contribution in [2.75, 3.05) is 19.6 Å². The summed E-state index contributed by atoms with van der Waals surface area (Å²) in [5, 5.41) is 9.40. The minimum atomic E-state index is -0.0131. The molecule has 2 N–H and O–H groups in total. The molecule has 0 unspecified atom stereocenters. The van der Waals surface area contributed by atoms with E-state index < -0.39 is 0 Å². The smallest absolute Gasteiger partial charge is 0.252 e. The van der Waals surface area contributed by atoms with E-state index in [1.54, 1.807) is 23.1 Å². The highest BCUT2D eigenvalue weighted by Crippen LogP contribution is 2.26. The zero-order valence-electron chi connectivity index (χ0n) is 13.6. The van der Waals surface area contributed by atoms with Crippen molar-refractivity contribution in [3.63, 3.8) is 0 Å². The first-order valence-electron chi connectivity index (χ1n) is 7.82. The second-order valence-electron chi connectivity index (χ2n) is 5.15. The van der Waals surface area contributed by atoms with E-state index in [1.807, 2.05) is 31.2 Å². The molecule has 4 nitrogen and oxygen atoms in total. The third kappa shape index (κ3) is 5.97. The van der Waals surface area contributed by atoms with Crippen molar-refractivity contribution in [1.29, 1.82) is 0 Å². The van der Waals surface area contributed by atoms with Gasteiger partial charge in [0.05, 0.1) is 16.3 Å². The zero-order chi connectivity index (χ0) is 16.5. The molecule has 0 fully saturated rings. The molecule has 1 aromatic heterocycles. The Kier molecular flexibility index (Phi) is 7.58. The van der Waals surface area contributed by atoms with Crippen molar-refractivity contribution in [2.24, 2.45) is 0 Å². The summed E-state index contributed by atoms with van der Waals surface area (Å²) in [4.78, 5) is 17.8. The van der Waals surface area contributed by atoms with Crippen molar-refractivity contribution in [1.82, 2.24) is 15.6 Å². The number of benzene rings is 1. The van der Waals surface area contributed by atoms with Gasteiger partial charge in [0.15, 0.2) is 0 Å². The average molecular weight is 350 g/mol. The number of carbonyl (C=O) groups excluding carboxylic acids is 1. The van der Waals surface area contributed by atoms with Crippen LogP contribution in [0.25, 0.3) is 0 Å². The van der Waals surface area contributed by atoms with Crippen LogP contribution in [0.3, 0.4) is 0 Å². The molecule has 0 aliphatic carbocycles. The van der Waals surface area contributed by atoms with Crippen LogP contribution in [0, 0.1) is 6.92 Å². The van der Waals surface area contributed by atoms with Crippen LogP contribution in [0.2, 0.25) is 0 Å². The normalized spacial score (nSPS) is 10.7. The fraction of sp³-hybridized carbons (Fsp3) is 0.412. The number of thioether (sulfide) groups is 1. The lowest BCUT2D eigenvalue weighted by molar-refractivity contribution is 0.0951. The Bertz CT molecular complexity index is 628. The lowest BCUT2D eigenvalue weighted by Gasteiger charge is -2.10. The molecule has 1 heterocycles. The summed E-state index contributed by atoms with van der Waals surface area (Å²) in [6.07, 6.45) is 1.10. The maximum absolute atomic E-state index is 12.3. The number of amides is 1. The summed E-state index contributed by atoms with van der Waals surface area (Å²) in [7, 11) is 0. The van der Waals surface area contributed by atoms with Crippen molar-refractivity contribution >= 4 is 29.0 Å². The van der Waals surface area contributed by atoms with Crippen molar-refractivity contribution < 1.29 is 4.79 Å². The second-order valence-corrected chi connectivity index (χ2v) is 7.23. The van der Waals surface area contributed by atoms with Crippen LogP contribution in [0.15, 0.2) is 34.5 Å². The molecule has 0 saturated heterocycles. The number of rotatable bonds is 9. The SMILES string of the molecule is CCCNCCNC(=O)c1ccccc1SCc1csc(C)n1. The predicted octanol–water partition coefficient (Wildman–Crippen LogP) is 3.47. The number of hydrogen-bond acceptors (Lipinski definition) is 5. The summed E-state index contributed by atoms with van der Waals surface area (Å²) in [6, 6.07) is 7.74. The first kappa shape index (κ1) is 18.0. The number of nitrogens with one attached hydrogen (secondary N) is 2. The van der Waals surface area contributed by atoms with Crippen LogP contribution in [-0.2, 0) is 5.75 Å². The standard InChI is InChI=1S/C17H23N3OS2/c1-3-8-18-9-10-19-17(21)15-6-4-5-7-16(15)23-12-14-11-22-13(2)20-14/h4-7,11,18H,3,8-10,12H2,1-2H3,(H,19,21). The molecule has 0 saturated carbocycles. The lowest BCUT2D eigenvalue weighted by Crippen LogP contribution is -2.32. The Morgan fingerprint density at radius 1 is 1.26 bits per heavy atom. The van der Waals surface area contributed by atoms with E-state index in [9.17, 15) is 4.79 Å². The maximum Gasteiger partial charge on any atom is 0.252 e. The largest absolute Gasteiger partial charge is 0.351 e. The molecule has 2 aromatic rings. The minimum absolute atomic E-state index is 0.0131. The van der Waals surface area contributed by atoms with Crippen molar-refractivity contribution in [3.05, 3.63) is 45.9 Å². The van der Waals surface area contributed by atoms with Gasteiger partial charge < -0.3 is 10.6 Å². The summed E-state index contributed by atoms with van der Waals surface area (Å²) >= 11 is 3.31. The Balaban J connectivity index is 1.89. The Morgan fingerprint density at radius 2 is 2.09 bits per heavy atom. The Hall–Kier alpha value is -1.37. The molecule has 2 rings (SSSR count).